The maximum atomic E-state index is 12.0. The average Bonchev–Trinajstić information content (AvgIpc) is 2.87. The van der Waals surface area contributed by atoms with Gasteiger partial charge in [0.1, 0.15) is 4.33 Å². The van der Waals surface area contributed by atoms with Crippen LogP contribution < -0.4 is 10.1 Å². The van der Waals surface area contributed by atoms with Crippen LogP contribution in [0.5, 0.6) is 5.88 Å². The van der Waals surface area contributed by atoms with Gasteiger partial charge in [-0.25, -0.2) is 4.98 Å². The van der Waals surface area contributed by atoms with Crippen molar-refractivity contribution in [3.8, 4) is 5.88 Å². The zero-order valence-corrected chi connectivity index (χ0v) is 11.7. The van der Waals surface area contributed by atoms with E-state index in [0.717, 1.165) is 5.56 Å². The Hall–Kier alpha value is -1.000. The first-order valence-corrected chi connectivity index (χ1v) is 6.30. The van der Waals surface area contributed by atoms with Crippen molar-refractivity contribution in [1.29, 1.82) is 0 Å². The molecule has 2 rings (SSSR count). The molecule has 1 fully saturated rings. The Morgan fingerprint density at radius 2 is 2.28 bits per heavy atom. The van der Waals surface area contributed by atoms with Crippen LogP contribution in [0.15, 0.2) is 18.3 Å². The van der Waals surface area contributed by atoms with Gasteiger partial charge >= 0.3 is 0 Å². The minimum absolute atomic E-state index is 0.154. The highest BCUT2D eigenvalue weighted by molar-refractivity contribution is 6.53. The third kappa shape index (κ3) is 2.27. The number of amides is 1. The van der Waals surface area contributed by atoms with Crippen LogP contribution in [0.25, 0.3) is 0 Å². The predicted octanol–water partition coefficient (Wildman–Crippen LogP) is 2.29. The Bertz CT molecular complexity index is 479. The zero-order chi connectivity index (χ0) is 13.4. The van der Waals surface area contributed by atoms with E-state index in [2.05, 4.69) is 10.3 Å². The number of nitrogens with zero attached hydrogens (tertiary/aromatic N) is 1. The molecule has 0 aliphatic heterocycles. The number of carbonyl (C=O) groups excluding carboxylic acids is 1. The van der Waals surface area contributed by atoms with Crippen LogP contribution in [0.4, 0.5) is 0 Å². The number of rotatable bonds is 4. The van der Waals surface area contributed by atoms with Crippen molar-refractivity contribution < 1.29 is 9.53 Å². The second-order valence-corrected chi connectivity index (χ2v) is 6.05. The Morgan fingerprint density at radius 3 is 2.83 bits per heavy atom. The Morgan fingerprint density at radius 1 is 1.61 bits per heavy atom. The molecule has 1 aliphatic rings. The normalized spacial score (nSPS) is 24.4. The lowest BCUT2D eigenvalue weighted by Gasteiger charge is -2.13. The van der Waals surface area contributed by atoms with Gasteiger partial charge in [0.05, 0.1) is 12.5 Å². The Labute approximate surface area is 116 Å². The summed E-state index contributed by atoms with van der Waals surface area (Å²) in [5.41, 5.74) is 0.110. The Balaban J connectivity index is 1.99. The monoisotopic (exact) mass is 288 g/mol. The third-order valence-corrected chi connectivity index (χ3v) is 4.34. The van der Waals surface area contributed by atoms with Gasteiger partial charge in [-0.05, 0) is 19.4 Å². The summed E-state index contributed by atoms with van der Waals surface area (Å²) in [5.74, 6) is 0.347. The van der Waals surface area contributed by atoms with Crippen LogP contribution >= 0.6 is 23.2 Å². The summed E-state index contributed by atoms with van der Waals surface area (Å²) < 4.78 is 4.16. The molecule has 4 nitrogen and oxygen atoms in total. The topological polar surface area (TPSA) is 51.2 Å². The fraction of sp³-hybridized carbons (Fsp3) is 0.500. The molecule has 6 heteroatoms. The standard InChI is InChI=1S/C12H14Cl2N2O2/c1-11(7-12(11,13)14)10(17)16-6-8-4-3-5-15-9(8)18-2/h3-5H,6-7H2,1-2H3,(H,16,17)/t11-/m1/s1. The number of hydrogen-bond acceptors (Lipinski definition) is 3. The van der Waals surface area contributed by atoms with Gasteiger partial charge in [-0.2, -0.15) is 0 Å². The molecule has 1 aromatic rings. The van der Waals surface area contributed by atoms with Gasteiger partial charge < -0.3 is 10.1 Å². The van der Waals surface area contributed by atoms with Crippen LogP contribution in [0, 0.1) is 5.41 Å². The van der Waals surface area contributed by atoms with Crippen molar-refractivity contribution in [2.24, 2.45) is 5.41 Å². The molecule has 0 bridgehead atoms. The molecule has 0 spiro atoms. The SMILES string of the molecule is COc1ncccc1CNC(=O)[C@@]1(C)CC1(Cl)Cl. The number of alkyl halides is 2. The van der Waals surface area contributed by atoms with Gasteiger partial charge in [-0.15, -0.1) is 23.2 Å². The first kappa shape index (κ1) is 13.4. The molecule has 1 heterocycles. The summed E-state index contributed by atoms with van der Waals surface area (Å²) in [7, 11) is 1.54. The van der Waals surface area contributed by atoms with E-state index in [9.17, 15) is 4.79 Å². The van der Waals surface area contributed by atoms with Gasteiger partial charge in [0, 0.05) is 18.3 Å². The highest BCUT2D eigenvalue weighted by Crippen LogP contribution is 2.63. The van der Waals surface area contributed by atoms with Crippen molar-refractivity contribution in [1.82, 2.24) is 10.3 Å². The van der Waals surface area contributed by atoms with E-state index >= 15 is 0 Å². The summed E-state index contributed by atoms with van der Waals surface area (Å²) in [6, 6.07) is 3.63. The summed E-state index contributed by atoms with van der Waals surface area (Å²) in [4.78, 5) is 16.0. The van der Waals surface area contributed by atoms with E-state index in [4.69, 9.17) is 27.9 Å². The highest BCUT2D eigenvalue weighted by Gasteiger charge is 2.67. The number of carbonyl (C=O) groups is 1. The van der Waals surface area contributed by atoms with Gasteiger partial charge in [-0.1, -0.05) is 6.07 Å². The number of halogens is 2. The average molecular weight is 289 g/mol. The molecule has 0 radical (unpaired) electrons. The van der Waals surface area contributed by atoms with Crippen molar-refractivity contribution in [2.45, 2.75) is 24.2 Å². The summed E-state index contributed by atoms with van der Waals surface area (Å²) in [6.07, 6.45) is 2.11. The molecule has 1 amide bonds. The van der Waals surface area contributed by atoms with E-state index in [1.807, 2.05) is 6.07 Å². The van der Waals surface area contributed by atoms with Crippen LogP contribution in [0.1, 0.15) is 18.9 Å². The molecule has 0 unspecified atom stereocenters. The number of pyridine rings is 1. The third-order valence-electron chi connectivity index (χ3n) is 3.24. The number of ether oxygens (including phenoxy) is 1. The second-order valence-electron chi connectivity index (χ2n) is 4.57. The van der Waals surface area contributed by atoms with Gasteiger partial charge in [0.25, 0.3) is 0 Å². The van der Waals surface area contributed by atoms with Crippen LogP contribution in [-0.4, -0.2) is 22.3 Å². The van der Waals surface area contributed by atoms with E-state index in [1.54, 1.807) is 26.3 Å². The van der Waals surface area contributed by atoms with E-state index in [-0.39, 0.29) is 5.91 Å². The molecule has 0 aromatic carbocycles. The largest absolute Gasteiger partial charge is 0.481 e. The van der Waals surface area contributed by atoms with Crippen molar-refractivity contribution in [2.75, 3.05) is 7.11 Å². The number of hydrogen-bond donors (Lipinski definition) is 1. The number of nitrogens with one attached hydrogen (secondary N) is 1. The first-order chi connectivity index (χ1) is 8.40. The van der Waals surface area contributed by atoms with Gasteiger partial charge in [0.15, 0.2) is 0 Å². The number of aromatic nitrogens is 1. The molecule has 1 atom stereocenters. The molecule has 98 valence electrons. The summed E-state index contributed by atoms with van der Waals surface area (Å²) in [5, 5.41) is 2.80. The maximum Gasteiger partial charge on any atom is 0.229 e. The molecular weight excluding hydrogens is 275 g/mol. The quantitative estimate of drug-likeness (QED) is 0.865. The highest BCUT2D eigenvalue weighted by atomic mass is 35.5. The van der Waals surface area contributed by atoms with Crippen LogP contribution in [0.3, 0.4) is 0 Å². The second kappa shape index (κ2) is 4.59. The van der Waals surface area contributed by atoms with Crippen molar-refractivity contribution in [3.05, 3.63) is 23.9 Å². The zero-order valence-electron chi connectivity index (χ0n) is 10.2. The molecule has 1 N–H and O–H groups in total. The fourth-order valence-corrected chi connectivity index (χ4v) is 2.47. The molecule has 1 saturated carbocycles. The maximum absolute atomic E-state index is 12.0. The smallest absolute Gasteiger partial charge is 0.229 e. The fourth-order valence-electron chi connectivity index (χ4n) is 1.76. The van der Waals surface area contributed by atoms with Crippen LogP contribution in [0.2, 0.25) is 0 Å². The van der Waals surface area contributed by atoms with Crippen LogP contribution in [-0.2, 0) is 11.3 Å². The van der Waals surface area contributed by atoms with E-state index in [1.165, 1.54) is 0 Å². The molecule has 1 aromatic heterocycles. The summed E-state index contributed by atoms with van der Waals surface area (Å²) in [6.45, 7) is 2.10. The Kier molecular flexibility index (Phi) is 3.43. The molecular formula is C12H14Cl2N2O2. The molecule has 0 saturated heterocycles. The molecule has 18 heavy (non-hydrogen) atoms. The minimum Gasteiger partial charge on any atom is -0.481 e. The lowest BCUT2D eigenvalue weighted by molar-refractivity contribution is -0.125. The predicted molar refractivity (Wildman–Crippen MR) is 69.8 cm³/mol. The van der Waals surface area contributed by atoms with E-state index < -0.39 is 9.75 Å². The lowest BCUT2D eigenvalue weighted by atomic mass is 10.1. The molecule has 1 aliphatic carbocycles. The summed E-state index contributed by atoms with van der Waals surface area (Å²) >= 11 is 11.9. The van der Waals surface area contributed by atoms with Gasteiger partial charge in [-0.3, -0.25) is 4.79 Å². The minimum atomic E-state index is -0.948. The van der Waals surface area contributed by atoms with Gasteiger partial charge in [0.2, 0.25) is 11.8 Å². The van der Waals surface area contributed by atoms with Crippen molar-refractivity contribution in [3.63, 3.8) is 0 Å². The lowest BCUT2D eigenvalue weighted by Crippen LogP contribution is -2.32. The van der Waals surface area contributed by atoms with E-state index in [0.29, 0.717) is 18.8 Å². The number of methoxy groups -OCH3 is 1. The van der Waals surface area contributed by atoms with Crippen molar-refractivity contribution >= 4 is 29.1 Å². The first-order valence-electron chi connectivity index (χ1n) is 5.55.